The number of ketones is 1. The molecule has 7 heteroatoms. The van der Waals surface area contributed by atoms with E-state index in [-0.39, 0.29) is 12.3 Å². The second-order valence-electron chi connectivity index (χ2n) is 6.00. The van der Waals surface area contributed by atoms with E-state index in [9.17, 15) is 14.4 Å². The minimum Gasteiger partial charge on any atom is -0.496 e. The number of aromatic nitrogens is 2. The number of hydrogen-bond donors (Lipinski definition) is 0. The van der Waals surface area contributed by atoms with Gasteiger partial charge in [-0.05, 0) is 30.3 Å². The van der Waals surface area contributed by atoms with Gasteiger partial charge in [0.15, 0.2) is 5.78 Å². The van der Waals surface area contributed by atoms with Crippen LogP contribution in [0.25, 0.3) is 5.69 Å². The van der Waals surface area contributed by atoms with Crippen molar-refractivity contribution < 1.29 is 19.1 Å². The third kappa shape index (κ3) is 2.79. The summed E-state index contributed by atoms with van der Waals surface area (Å²) < 4.78 is 6.97. The number of nitrogens with zero attached hydrogens (tertiary/aromatic N) is 3. The van der Waals surface area contributed by atoms with E-state index in [4.69, 9.17) is 4.74 Å². The van der Waals surface area contributed by atoms with Crippen molar-refractivity contribution in [2.75, 3.05) is 13.7 Å². The van der Waals surface area contributed by atoms with Crippen LogP contribution in [0.1, 0.15) is 31.1 Å². The van der Waals surface area contributed by atoms with E-state index in [1.54, 1.807) is 65.6 Å². The van der Waals surface area contributed by atoms with Crippen LogP contribution in [0.2, 0.25) is 0 Å². The zero-order valence-corrected chi connectivity index (χ0v) is 14.5. The molecule has 0 N–H and O–H groups in total. The van der Waals surface area contributed by atoms with Crippen molar-refractivity contribution in [3.8, 4) is 11.4 Å². The number of carbonyl (C=O) groups is 3. The topological polar surface area (TPSA) is 81.5 Å². The molecule has 3 aromatic rings. The highest BCUT2D eigenvalue weighted by molar-refractivity contribution is 6.23. The number of amides is 2. The Balaban J connectivity index is 1.61. The van der Waals surface area contributed by atoms with E-state index >= 15 is 0 Å². The number of fused-ring (bicyclic) bond motifs is 1. The summed E-state index contributed by atoms with van der Waals surface area (Å²) in [5.41, 5.74) is 1.66. The van der Waals surface area contributed by atoms with Crippen molar-refractivity contribution in [2.24, 2.45) is 0 Å². The molecule has 0 spiro atoms. The molecule has 2 heterocycles. The van der Waals surface area contributed by atoms with Crippen LogP contribution in [-0.4, -0.2) is 45.9 Å². The van der Waals surface area contributed by atoms with Gasteiger partial charge in [-0.2, -0.15) is 5.10 Å². The second kappa shape index (κ2) is 6.53. The van der Waals surface area contributed by atoms with Crippen LogP contribution >= 0.6 is 0 Å². The fourth-order valence-corrected chi connectivity index (χ4v) is 3.09. The molecule has 1 aliphatic heterocycles. The third-order valence-corrected chi connectivity index (χ3v) is 4.43. The molecule has 0 atom stereocenters. The lowest BCUT2D eigenvalue weighted by Crippen LogP contribution is -2.35. The number of imide groups is 1. The van der Waals surface area contributed by atoms with Crippen LogP contribution in [0.5, 0.6) is 5.75 Å². The van der Waals surface area contributed by atoms with Crippen molar-refractivity contribution in [3.63, 3.8) is 0 Å². The molecule has 4 rings (SSSR count). The van der Waals surface area contributed by atoms with Gasteiger partial charge in [0.25, 0.3) is 11.8 Å². The molecule has 0 unspecified atom stereocenters. The molecule has 2 amide bonds. The smallest absolute Gasteiger partial charge is 0.261 e. The van der Waals surface area contributed by atoms with E-state index in [0.29, 0.717) is 22.4 Å². The van der Waals surface area contributed by atoms with E-state index < -0.39 is 11.8 Å². The Labute approximate surface area is 154 Å². The fourth-order valence-electron chi connectivity index (χ4n) is 3.09. The highest BCUT2D eigenvalue weighted by atomic mass is 16.5. The van der Waals surface area contributed by atoms with E-state index in [1.807, 2.05) is 0 Å². The number of methoxy groups -OCH3 is 1. The number of ether oxygens (including phenoxy) is 1. The minimum atomic E-state index is -0.462. The maximum atomic E-state index is 12.8. The van der Waals surface area contributed by atoms with Gasteiger partial charge in [-0.15, -0.1) is 0 Å². The molecular weight excluding hydrogens is 346 g/mol. The van der Waals surface area contributed by atoms with E-state index in [0.717, 1.165) is 10.6 Å². The summed E-state index contributed by atoms with van der Waals surface area (Å²) in [5.74, 6) is -0.954. The van der Waals surface area contributed by atoms with Gasteiger partial charge >= 0.3 is 0 Å². The van der Waals surface area contributed by atoms with E-state index in [1.165, 1.54) is 7.11 Å². The van der Waals surface area contributed by atoms with Gasteiger partial charge in [0.2, 0.25) is 0 Å². The van der Waals surface area contributed by atoms with Crippen molar-refractivity contribution in [1.29, 1.82) is 0 Å². The molecule has 0 aliphatic carbocycles. The van der Waals surface area contributed by atoms with Gasteiger partial charge < -0.3 is 4.74 Å². The van der Waals surface area contributed by atoms with Gasteiger partial charge in [0.1, 0.15) is 5.75 Å². The first kappa shape index (κ1) is 16.7. The summed E-state index contributed by atoms with van der Waals surface area (Å²) in [6, 6.07) is 13.3. The lowest BCUT2D eigenvalue weighted by molar-refractivity contribution is 0.0623. The SMILES string of the molecule is COc1cc(-n2cccn2)ccc1C(=O)CN1C(=O)c2ccccc2C1=O. The summed E-state index contributed by atoms with van der Waals surface area (Å²) in [6.07, 6.45) is 3.42. The molecular formula is C20H15N3O4. The molecule has 1 aromatic heterocycles. The molecule has 7 nitrogen and oxygen atoms in total. The molecule has 0 radical (unpaired) electrons. The summed E-state index contributed by atoms with van der Waals surface area (Å²) in [5, 5.41) is 4.14. The quantitative estimate of drug-likeness (QED) is 0.515. The maximum Gasteiger partial charge on any atom is 0.261 e. The molecule has 2 aromatic carbocycles. The van der Waals surface area contributed by atoms with Crippen LogP contribution in [0.3, 0.4) is 0 Å². The van der Waals surface area contributed by atoms with Gasteiger partial charge in [0.05, 0.1) is 36.0 Å². The number of carbonyl (C=O) groups excluding carboxylic acids is 3. The molecule has 0 fully saturated rings. The Morgan fingerprint density at radius 3 is 2.33 bits per heavy atom. The molecule has 27 heavy (non-hydrogen) atoms. The molecule has 1 aliphatic rings. The first-order valence-corrected chi connectivity index (χ1v) is 8.26. The Bertz CT molecular complexity index is 1020. The van der Waals surface area contributed by atoms with E-state index in [2.05, 4.69) is 5.10 Å². The molecule has 0 saturated heterocycles. The van der Waals surface area contributed by atoms with Gasteiger partial charge in [0, 0.05) is 18.5 Å². The number of Topliss-reactive ketones (excluding diaryl/α,β-unsaturated/α-hetero) is 1. The highest BCUT2D eigenvalue weighted by Gasteiger charge is 2.36. The predicted molar refractivity (Wildman–Crippen MR) is 96.3 cm³/mol. The largest absolute Gasteiger partial charge is 0.496 e. The fraction of sp³-hybridized carbons (Fsp3) is 0.100. The average molecular weight is 361 g/mol. The van der Waals surface area contributed by atoms with Crippen LogP contribution in [-0.2, 0) is 0 Å². The summed E-state index contributed by atoms with van der Waals surface area (Å²) >= 11 is 0. The summed E-state index contributed by atoms with van der Waals surface area (Å²) in [7, 11) is 1.46. The van der Waals surface area contributed by atoms with Crippen molar-refractivity contribution in [1.82, 2.24) is 14.7 Å². The number of rotatable bonds is 5. The zero-order chi connectivity index (χ0) is 19.0. The van der Waals surface area contributed by atoms with Crippen LogP contribution in [0, 0.1) is 0 Å². The first-order chi connectivity index (χ1) is 13.1. The Kier molecular flexibility index (Phi) is 4.04. The Hall–Kier alpha value is -3.74. The van der Waals surface area contributed by atoms with Gasteiger partial charge in [-0.3, -0.25) is 19.3 Å². The third-order valence-electron chi connectivity index (χ3n) is 4.43. The standard InChI is InChI=1S/C20H15N3O4/c1-27-18-11-13(23-10-4-9-21-23)7-8-16(18)17(24)12-22-19(25)14-5-2-3-6-15(14)20(22)26/h2-11H,12H2,1H3. The maximum absolute atomic E-state index is 12.8. The molecule has 0 saturated carbocycles. The van der Waals surface area contributed by atoms with Gasteiger partial charge in [-0.25, -0.2) is 4.68 Å². The molecule has 0 bridgehead atoms. The predicted octanol–water partition coefficient (Wildman–Crippen LogP) is 2.36. The van der Waals surface area contributed by atoms with Crippen LogP contribution in [0.4, 0.5) is 0 Å². The summed E-state index contributed by atoms with van der Waals surface area (Å²) in [6.45, 7) is -0.343. The van der Waals surface area contributed by atoms with Crippen molar-refractivity contribution >= 4 is 17.6 Å². The number of hydrogen-bond acceptors (Lipinski definition) is 5. The zero-order valence-electron chi connectivity index (χ0n) is 14.5. The monoisotopic (exact) mass is 361 g/mol. The normalized spacial score (nSPS) is 13.0. The lowest BCUT2D eigenvalue weighted by Gasteiger charge is -2.15. The Morgan fingerprint density at radius 2 is 1.74 bits per heavy atom. The average Bonchev–Trinajstić information content (AvgIpc) is 3.32. The van der Waals surface area contributed by atoms with Crippen LogP contribution in [0.15, 0.2) is 60.9 Å². The lowest BCUT2D eigenvalue weighted by atomic mass is 10.1. The van der Waals surface area contributed by atoms with Crippen molar-refractivity contribution in [2.45, 2.75) is 0 Å². The first-order valence-electron chi connectivity index (χ1n) is 8.26. The van der Waals surface area contributed by atoms with Crippen molar-refractivity contribution in [3.05, 3.63) is 77.6 Å². The van der Waals surface area contributed by atoms with Crippen LogP contribution < -0.4 is 4.74 Å². The van der Waals surface area contributed by atoms with Gasteiger partial charge in [-0.1, -0.05) is 12.1 Å². The highest BCUT2D eigenvalue weighted by Crippen LogP contribution is 2.26. The number of benzene rings is 2. The molecule has 134 valence electrons. The summed E-state index contributed by atoms with van der Waals surface area (Å²) in [4.78, 5) is 38.6. The Morgan fingerprint density at radius 1 is 1.04 bits per heavy atom. The minimum absolute atomic E-state index is 0.296. The second-order valence-corrected chi connectivity index (χ2v) is 6.00.